The normalized spacial score (nSPS) is 14.7. The average molecular weight is 221 g/mol. The van der Waals surface area contributed by atoms with Crippen molar-refractivity contribution in [2.24, 2.45) is 5.73 Å². The largest absolute Gasteiger partial charge is 0.491 e. The Morgan fingerprint density at radius 1 is 1.47 bits per heavy atom. The zero-order chi connectivity index (χ0) is 10.8. The number of amidine groups is 1. The highest BCUT2D eigenvalue weighted by Crippen LogP contribution is 2.38. The van der Waals surface area contributed by atoms with Gasteiger partial charge in [0.25, 0.3) is 0 Å². The van der Waals surface area contributed by atoms with E-state index in [1.54, 1.807) is 6.08 Å². The van der Waals surface area contributed by atoms with Crippen LogP contribution in [0.2, 0.25) is 0 Å². The molecule has 2 rings (SSSR count). The minimum atomic E-state index is -2.03. The van der Waals surface area contributed by atoms with Gasteiger partial charge in [-0.1, -0.05) is 22.8 Å². The average Bonchev–Trinajstić information content (AvgIpc) is 2.27. The molecule has 1 atom stereocenters. The Kier molecular flexibility index (Phi) is 2.52. The van der Waals surface area contributed by atoms with Crippen LogP contribution in [0, 0.1) is 5.41 Å². The molecule has 0 saturated heterocycles. The quantitative estimate of drug-likeness (QED) is 0.456. The first-order chi connectivity index (χ1) is 7.18. The maximum Gasteiger partial charge on any atom is 0.491 e. The smallest absolute Gasteiger partial charge is 0.419 e. The molecule has 1 unspecified atom stereocenters. The zero-order valence-electron chi connectivity index (χ0n) is 7.93. The van der Waals surface area contributed by atoms with E-state index in [0.717, 1.165) is 5.56 Å². The Bertz CT molecular complexity index is 468. The highest BCUT2D eigenvalue weighted by Gasteiger charge is 2.33. The summed E-state index contributed by atoms with van der Waals surface area (Å²) >= 11 is 0. The van der Waals surface area contributed by atoms with Gasteiger partial charge in [0, 0.05) is 12.5 Å². The first kappa shape index (κ1) is 9.87. The van der Waals surface area contributed by atoms with Gasteiger partial charge in [-0.15, -0.1) is 0 Å². The third-order valence-corrected chi connectivity index (χ3v) is 3.21. The van der Waals surface area contributed by atoms with Crippen LogP contribution in [0.5, 0.6) is 5.75 Å². The lowest BCUT2D eigenvalue weighted by atomic mass is 10.1. The summed E-state index contributed by atoms with van der Waals surface area (Å²) in [5, 5.41) is 7.09. The van der Waals surface area contributed by atoms with Gasteiger partial charge in [0.2, 0.25) is 0 Å². The zero-order valence-corrected chi connectivity index (χ0v) is 8.83. The van der Waals surface area contributed by atoms with Crippen LogP contribution in [-0.2, 0) is 11.0 Å². The Balaban J connectivity index is 2.27. The van der Waals surface area contributed by atoms with Gasteiger partial charge >= 0.3 is 18.9 Å². The summed E-state index contributed by atoms with van der Waals surface area (Å²) in [5.74, 6) is 0.694. The van der Waals surface area contributed by atoms with Gasteiger partial charge in [-0.3, -0.25) is 0 Å². The van der Waals surface area contributed by atoms with E-state index in [1.807, 2.05) is 24.3 Å². The molecule has 0 saturated carbocycles. The van der Waals surface area contributed by atoms with Gasteiger partial charge < -0.3 is 10.5 Å². The van der Waals surface area contributed by atoms with E-state index < -0.39 is 7.80 Å². The fourth-order valence-electron chi connectivity index (χ4n) is 1.37. The van der Waals surface area contributed by atoms with Crippen LogP contribution in [0.1, 0.15) is 5.56 Å². The van der Waals surface area contributed by atoms with Crippen molar-refractivity contribution in [2.45, 2.75) is 6.42 Å². The minimum Gasteiger partial charge on any atom is -0.419 e. The summed E-state index contributed by atoms with van der Waals surface area (Å²) in [6.45, 7) is 0. The molecular formula is C10H10N2O2P+. The summed E-state index contributed by atoms with van der Waals surface area (Å²) in [6, 6.07) is 7.53. The number of hydrogen-bond acceptors (Lipinski definition) is 3. The molecule has 1 aliphatic rings. The van der Waals surface area contributed by atoms with Crippen LogP contribution in [-0.4, -0.2) is 5.58 Å². The number of nitrogens with two attached hydrogens (primary N) is 1. The third kappa shape index (κ3) is 1.90. The summed E-state index contributed by atoms with van der Waals surface area (Å²) in [7, 11) is -2.03. The fourth-order valence-corrected chi connectivity index (χ4v) is 2.04. The third-order valence-electron chi connectivity index (χ3n) is 2.10. The van der Waals surface area contributed by atoms with Crippen LogP contribution >= 0.6 is 7.80 Å². The Labute approximate surface area is 88.0 Å². The molecule has 1 aromatic rings. The van der Waals surface area contributed by atoms with Crippen molar-refractivity contribution in [1.29, 1.82) is 5.41 Å². The predicted octanol–water partition coefficient (Wildman–Crippen LogP) is 2.18. The Morgan fingerprint density at radius 2 is 2.20 bits per heavy atom. The van der Waals surface area contributed by atoms with E-state index in [2.05, 4.69) is 0 Å². The van der Waals surface area contributed by atoms with Crippen LogP contribution < -0.4 is 10.5 Å². The number of fused-ring (bicyclic) bond motifs is 1. The maximum absolute atomic E-state index is 11.5. The second-order valence-electron chi connectivity index (χ2n) is 3.14. The molecule has 5 heteroatoms. The molecule has 76 valence electrons. The Morgan fingerprint density at radius 3 is 2.93 bits per heavy atom. The molecule has 0 amide bonds. The molecule has 1 aliphatic heterocycles. The molecule has 1 heterocycles. The molecule has 4 nitrogen and oxygen atoms in total. The van der Waals surface area contributed by atoms with Gasteiger partial charge in [-0.05, 0) is 11.6 Å². The molecular weight excluding hydrogens is 211 g/mol. The monoisotopic (exact) mass is 221 g/mol. The molecule has 0 aromatic heterocycles. The lowest BCUT2D eigenvalue weighted by Crippen LogP contribution is -2.09. The summed E-state index contributed by atoms with van der Waals surface area (Å²) in [6.07, 6.45) is 2.38. The van der Waals surface area contributed by atoms with Crippen LogP contribution in [0.15, 0.2) is 35.8 Å². The SMILES string of the molecule is N=C(N)[P+](=O)C1=CCc2ccccc2O1. The van der Waals surface area contributed by atoms with E-state index in [1.165, 1.54) is 0 Å². The molecule has 15 heavy (non-hydrogen) atoms. The first-order valence-corrected chi connectivity index (χ1v) is 5.71. The Hall–Kier alpha value is -1.67. The fraction of sp³-hybridized carbons (Fsp3) is 0.100. The number of ether oxygens (including phenoxy) is 1. The lowest BCUT2D eigenvalue weighted by Gasteiger charge is -2.11. The number of para-hydroxylation sites is 1. The van der Waals surface area contributed by atoms with Gasteiger partial charge in [0.15, 0.2) is 0 Å². The second kappa shape index (κ2) is 3.83. The molecule has 0 spiro atoms. The summed E-state index contributed by atoms with van der Waals surface area (Å²) < 4.78 is 16.9. The van der Waals surface area contributed by atoms with Gasteiger partial charge in [0.1, 0.15) is 5.75 Å². The maximum atomic E-state index is 11.5. The molecule has 0 fully saturated rings. The predicted molar refractivity (Wildman–Crippen MR) is 58.4 cm³/mol. The molecule has 1 aromatic carbocycles. The number of rotatable bonds is 2. The van der Waals surface area contributed by atoms with Crippen molar-refractivity contribution in [3.05, 3.63) is 41.4 Å². The van der Waals surface area contributed by atoms with Crippen molar-refractivity contribution in [3.8, 4) is 5.75 Å². The number of benzene rings is 1. The van der Waals surface area contributed by atoms with Crippen molar-refractivity contribution < 1.29 is 9.30 Å². The second-order valence-corrected chi connectivity index (χ2v) is 4.65. The van der Waals surface area contributed by atoms with E-state index in [0.29, 0.717) is 12.2 Å². The summed E-state index contributed by atoms with van der Waals surface area (Å²) in [5.41, 5.74) is 6.15. The van der Waals surface area contributed by atoms with Gasteiger partial charge in [0.05, 0.1) is 0 Å². The molecule has 0 radical (unpaired) electrons. The number of nitrogens with one attached hydrogen (secondary N) is 1. The standard InChI is InChI=1S/C10H10N2O2P/c11-10(12)15(13)9-6-5-7-3-1-2-4-8(7)14-9/h1-4,6H,5H2,(H3,11,12)/q+1. The van der Waals surface area contributed by atoms with Crippen molar-refractivity contribution in [3.63, 3.8) is 0 Å². The highest BCUT2D eigenvalue weighted by molar-refractivity contribution is 7.67. The van der Waals surface area contributed by atoms with Crippen molar-refractivity contribution >= 4 is 13.4 Å². The highest BCUT2D eigenvalue weighted by atomic mass is 31.1. The van der Waals surface area contributed by atoms with Crippen LogP contribution in [0.25, 0.3) is 0 Å². The van der Waals surface area contributed by atoms with E-state index in [9.17, 15) is 4.57 Å². The molecule has 0 aliphatic carbocycles. The van der Waals surface area contributed by atoms with Crippen molar-refractivity contribution in [1.82, 2.24) is 0 Å². The van der Waals surface area contributed by atoms with Crippen molar-refractivity contribution in [2.75, 3.05) is 0 Å². The lowest BCUT2D eigenvalue weighted by molar-refractivity contribution is 0.440. The van der Waals surface area contributed by atoms with E-state index >= 15 is 0 Å². The first-order valence-electron chi connectivity index (χ1n) is 4.45. The summed E-state index contributed by atoms with van der Waals surface area (Å²) in [4.78, 5) is 0. The number of allylic oxidation sites excluding steroid dienone is 1. The van der Waals surface area contributed by atoms with E-state index in [-0.39, 0.29) is 11.1 Å². The van der Waals surface area contributed by atoms with Crippen LogP contribution in [0.3, 0.4) is 0 Å². The van der Waals surface area contributed by atoms with Gasteiger partial charge in [-0.2, -0.15) is 0 Å². The minimum absolute atomic E-state index is 0.288. The van der Waals surface area contributed by atoms with Crippen LogP contribution in [0.4, 0.5) is 0 Å². The van der Waals surface area contributed by atoms with E-state index in [4.69, 9.17) is 15.9 Å². The van der Waals surface area contributed by atoms with Gasteiger partial charge in [-0.25, -0.2) is 5.41 Å². The molecule has 3 N–H and O–H groups in total. The molecule has 0 bridgehead atoms. The number of hydrogen-bond donors (Lipinski definition) is 2. The topological polar surface area (TPSA) is 76.2 Å².